The van der Waals surface area contributed by atoms with E-state index in [0.717, 1.165) is 51.0 Å². The van der Waals surface area contributed by atoms with Crippen molar-refractivity contribution in [2.75, 3.05) is 18.4 Å². The van der Waals surface area contributed by atoms with Gasteiger partial charge >= 0.3 is 0 Å². The molecule has 3 rings (SSSR count). The van der Waals surface area contributed by atoms with Crippen molar-refractivity contribution >= 4 is 28.3 Å². The van der Waals surface area contributed by atoms with Crippen LogP contribution in [0.2, 0.25) is 0 Å². The van der Waals surface area contributed by atoms with Gasteiger partial charge in [0.1, 0.15) is 11.3 Å². The number of aryl methyl sites for hydroxylation is 1. The lowest BCUT2D eigenvalue weighted by atomic mass is 9.92. The van der Waals surface area contributed by atoms with E-state index in [-0.39, 0.29) is 17.9 Å². The zero-order valence-corrected chi connectivity index (χ0v) is 20.7. The fourth-order valence-electron chi connectivity index (χ4n) is 4.32. The monoisotopic (exact) mass is 460 g/mol. The summed E-state index contributed by atoms with van der Waals surface area (Å²) in [5, 5.41) is 5.46. The third-order valence-electron chi connectivity index (χ3n) is 6.01. The number of nitrogens with one attached hydrogen (secondary N) is 1. The maximum Gasteiger partial charge on any atom is 0.274 e. The molecule has 0 aliphatic carbocycles. The van der Waals surface area contributed by atoms with E-state index in [9.17, 15) is 9.59 Å². The Morgan fingerprint density at radius 3 is 2.69 bits per heavy atom. The van der Waals surface area contributed by atoms with E-state index < -0.39 is 5.60 Å². The van der Waals surface area contributed by atoms with Crippen molar-refractivity contribution in [1.29, 1.82) is 0 Å². The van der Waals surface area contributed by atoms with Crippen LogP contribution in [-0.4, -0.2) is 45.5 Å². The van der Waals surface area contributed by atoms with Crippen LogP contribution < -0.4 is 5.32 Å². The van der Waals surface area contributed by atoms with E-state index in [1.165, 1.54) is 11.3 Å². The van der Waals surface area contributed by atoms with Crippen LogP contribution in [-0.2, 0) is 21.7 Å². The topological polar surface area (TPSA) is 76.5 Å². The number of amides is 2. The van der Waals surface area contributed by atoms with Gasteiger partial charge in [-0.25, -0.2) is 4.98 Å². The van der Waals surface area contributed by atoms with E-state index in [1.54, 1.807) is 6.92 Å². The summed E-state index contributed by atoms with van der Waals surface area (Å²) in [6, 6.07) is 3.76. The average molecular weight is 461 g/mol. The lowest BCUT2D eigenvalue weighted by Crippen LogP contribution is -2.37. The standard InChI is InChI=1S/C24H36N4O3S/c1-17(2)31-24(4,5)21-16-32-23(25-21)26-22(30)20-9-7-13-28(20)12-6-8-19-10-14-27(15-11-19)18(3)29/h7,9,13,16-17,19H,6,8,10-12,14-15H2,1-5H3,(H,25,26,30). The van der Waals surface area contributed by atoms with E-state index in [4.69, 9.17) is 4.74 Å². The van der Waals surface area contributed by atoms with Gasteiger partial charge in [-0.3, -0.25) is 14.9 Å². The molecule has 0 radical (unpaired) electrons. The molecule has 0 aromatic carbocycles. The van der Waals surface area contributed by atoms with E-state index >= 15 is 0 Å². The SMILES string of the molecule is CC(=O)N1CCC(CCCn2cccc2C(=O)Nc2nc(C(C)(C)OC(C)C)cs2)CC1. The number of carbonyl (C=O) groups excluding carboxylic acids is 2. The van der Waals surface area contributed by atoms with Gasteiger partial charge in [0.05, 0.1) is 11.8 Å². The van der Waals surface area contributed by atoms with Crippen molar-refractivity contribution in [3.8, 4) is 0 Å². The average Bonchev–Trinajstić information content (AvgIpc) is 3.37. The number of aromatic nitrogens is 2. The molecule has 2 aromatic rings. The number of rotatable bonds is 9. The molecular weight excluding hydrogens is 424 g/mol. The molecule has 1 aliphatic heterocycles. The zero-order chi connectivity index (χ0) is 23.3. The highest BCUT2D eigenvalue weighted by Gasteiger charge is 2.26. The first-order valence-corrected chi connectivity index (χ1v) is 12.4. The van der Waals surface area contributed by atoms with E-state index in [1.807, 2.05) is 60.9 Å². The minimum atomic E-state index is -0.506. The molecular formula is C24H36N4O3S. The molecule has 7 nitrogen and oxygen atoms in total. The predicted octanol–water partition coefficient (Wildman–Crippen LogP) is 4.90. The Labute approximate surface area is 195 Å². The minimum Gasteiger partial charge on any atom is -0.367 e. The van der Waals surface area contributed by atoms with Crippen LogP contribution in [0.5, 0.6) is 0 Å². The summed E-state index contributed by atoms with van der Waals surface area (Å²) >= 11 is 1.41. The van der Waals surface area contributed by atoms with Crippen molar-refractivity contribution < 1.29 is 14.3 Å². The Morgan fingerprint density at radius 2 is 2.03 bits per heavy atom. The summed E-state index contributed by atoms with van der Waals surface area (Å²) in [4.78, 5) is 30.9. The second kappa shape index (κ2) is 10.6. The largest absolute Gasteiger partial charge is 0.367 e. The Morgan fingerprint density at radius 1 is 1.31 bits per heavy atom. The van der Waals surface area contributed by atoms with E-state index in [2.05, 4.69) is 10.3 Å². The summed E-state index contributed by atoms with van der Waals surface area (Å²) in [5.74, 6) is 0.687. The van der Waals surface area contributed by atoms with Gasteiger partial charge in [0.15, 0.2) is 5.13 Å². The van der Waals surface area contributed by atoms with Crippen molar-refractivity contribution in [2.24, 2.45) is 5.92 Å². The first-order valence-electron chi connectivity index (χ1n) is 11.5. The summed E-state index contributed by atoms with van der Waals surface area (Å²) in [6.45, 7) is 12.2. The predicted molar refractivity (Wildman–Crippen MR) is 128 cm³/mol. The van der Waals surface area contributed by atoms with Crippen LogP contribution in [0.25, 0.3) is 0 Å². The molecule has 0 saturated carbocycles. The van der Waals surface area contributed by atoms with Gasteiger partial charge in [-0.2, -0.15) is 0 Å². The first kappa shape index (κ1) is 24.5. The second-order valence-electron chi connectivity index (χ2n) is 9.35. The summed E-state index contributed by atoms with van der Waals surface area (Å²) in [5.41, 5.74) is 0.956. The number of ether oxygens (including phenoxy) is 1. The maximum atomic E-state index is 12.9. The molecule has 32 heavy (non-hydrogen) atoms. The van der Waals surface area contributed by atoms with Gasteiger partial charge in [0, 0.05) is 38.1 Å². The minimum absolute atomic E-state index is 0.0923. The molecule has 2 amide bonds. The van der Waals surface area contributed by atoms with Crippen molar-refractivity contribution in [3.05, 3.63) is 35.1 Å². The lowest BCUT2D eigenvalue weighted by Gasteiger charge is -2.31. The number of carbonyl (C=O) groups is 2. The number of thiazole rings is 1. The Balaban J connectivity index is 1.51. The molecule has 3 heterocycles. The molecule has 1 aliphatic rings. The highest BCUT2D eigenvalue weighted by Crippen LogP contribution is 2.29. The Bertz CT molecular complexity index is 910. The fraction of sp³-hybridized carbons (Fsp3) is 0.625. The third-order valence-corrected chi connectivity index (χ3v) is 6.76. The van der Waals surface area contributed by atoms with Crippen LogP contribution in [0.3, 0.4) is 0 Å². The second-order valence-corrected chi connectivity index (χ2v) is 10.2. The van der Waals surface area contributed by atoms with Crippen LogP contribution >= 0.6 is 11.3 Å². The lowest BCUT2D eigenvalue weighted by molar-refractivity contribution is -0.130. The highest BCUT2D eigenvalue weighted by molar-refractivity contribution is 7.14. The van der Waals surface area contributed by atoms with Gasteiger partial charge in [0.2, 0.25) is 5.91 Å². The maximum absolute atomic E-state index is 12.9. The number of likely N-dealkylation sites (tertiary alicyclic amines) is 1. The molecule has 8 heteroatoms. The molecule has 176 valence electrons. The van der Waals surface area contributed by atoms with Crippen LogP contribution in [0.15, 0.2) is 23.7 Å². The number of hydrogen-bond donors (Lipinski definition) is 1. The summed E-state index contributed by atoms with van der Waals surface area (Å²) in [7, 11) is 0. The smallest absolute Gasteiger partial charge is 0.274 e. The molecule has 1 saturated heterocycles. The van der Waals surface area contributed by atoms with Gasteiger partial charge in [-0.1, -0.05) is 0 Å². The van der Waals surface area contributed by atoms with E-state index in [0.29, 0.717) is 16.7 Å². The Hall–Kier alpha value is -2.19. The van der Waals surface area contributed by atoms with Gasteiger partial charge in [-0.05, 0) is 71.4 Å². The van der Waals surface area contributed by atoms with Crippen LogP contribution in [0, 0.1) is 5.92 Å². The molecule has 0 atom stereocenters. The van der Waals surface area contributed by atoms with Crippen molar-refractivity contribution in [2.45, 2.75) is 78.6 Å². The Kier molecular flexibility index (Phi) is 8.11. The van der Waals surface area contributed by atoms with Crippen molar-refractivity contribution in [3.63, 3.8) is 0 Å². The van der Waals surface area contributed by atoms with Crippen LogP contribution in [0.4, 0.5) is 5.13 Å². The molecule has 0 unspecified atom stereocenters. The summed E-state index contributed by atoms with van der Waals surface area (Å²) < 4.78 is 7.97. The van der Waals surface area contributed by atoms with Gasteiger partial charge < -0.3 is 14.2 Å². The number of piperidine rings is 1. The van der Waals surface area contributed by atoms with Gasteiger partial charge in [0.25, 0.3) is 5.91 Å². The molecule has 0 bridgehead atoms. The zero-order valence-electron chi connectivity index (χ0n) is 19.9. The summed E-state index contributed by atoms with van der Waals surface area (Å²) in [6.07, 6.45) is 6.33. The normalized spacial score (nSPS) is 15.4. The van der Waals surface area contributed by atoms with Crippen molar-refractivity contribution in [1.82, 2.24) is 14.5 Å². The molecule has 2 aromatic heterocycles. The number of nitrogens with zero attached hydrogens (tertiary/aromatic N) is 3. The molecule has 0 spiro atoms. The third kappa shape index (κ3) is 6.42. The van der Waals surface area contributed by atoms with Gasteiger partial charge in [-0.15, -0.1) is 11.3 Å². The number of hydrogen-bond acceptors (Lipinski definition) is 5. The quantitative estimate of drug-likeness (QED) is 0.578. The molecule has 1 fully saturated rings. The first-order chi connectivity index (χ1) is 15.2. The highest BCUT2D eigenvalue weighted by atomic mass is 32.1. The number of anilines is 1. The fourth-order valence-corrected chi connectivity index (χ4v) is 5.18. The molecule has 1 N–H and O–H groups in total. The van der Waals surface area contributed by atoms with Crippen LogP contribution in [0.1, 0.15) is 76.5 Å².